The monoisotopic (exact) mass is 394 g/mol. The van der Waals surface area contributed by atoms with Crippen molar-refractivity contribution < 1.29 is 9.18 Å². The van der Waals surface area contributed by atoms with Crippen molar-refractivity contribution in [3.05, 3.63) is 29.0 Å². The second-order valence-corrected chi connectivity index (χ2v) is 8.84. The van der Waals surface area contributed by atoms with Gasteiger partial charge in [-0.15, -0.1) is 0 Å². The normalized spacial score (nSPS) is 21.9. The van der Waals surface area contributed by atoms with Crippen LogP contribution in [0.4, 0.5) is 10.1 Å². The first-order valence-electron chi connectivity index (χ1n) is 10.5. The number of anilines is 1. The van der Waals surface area contributed by atoms with E-state index in [1.165, 1.54) is 50.8 Å². The molecule has 1 saturated heterocycles. The van der Waals surface area contributed by atoms with Crippen LogP contribution in [0.2, 0.25) is 5.02 Å². The fourth-order valence-electron chi connectivity index (χ4n) is 5.02. The van der Waals surface area contributed by atoms with Crippen LogP contribution < -0.4 is 5.32 Å². The van der Waals surface area contributed by atoms with Crippen LogP contribution in [0, 0.1) is 23.1 Å². The van der Waals surface area contributed by atoms with Gasteiger partial charge >= 0.3 is 0 Å². The maximum atomic E-state index is 13.3. The highest BCUT2D eigenvalue weighted by Gasteiger charge is 2.53. The molecule has 150 valence electrons. The van der Waals surface area contributed by atoms with Crippen LogP contribution in [0.1, 0.15) is 58.8 Å². The van der Waals surface area contributed by atoms with Crippen molar-refractivity contribution in [3.63, 3.8) is 0 Å². The fraction of sp³-hybridized carbons (Fsp3) is 0.682. The van der Waals surface area contributed by atoms with E-state index in [1.54, 1.807) is 6.07 Å². The molecule has 3 aliphatic rings. The Morgan fingerprint density at radius 1 is 1.22 bits per heavy atom. The Balaban J connectivity index is 0.00000102. The van der Waals surface area contributed by atoms with Crippen LogP contribution in [-0.4, -0.2) is 30.4 Å². The summed E-state index contributed by atoms with van der Waals surface area (Å²) in [5.41, 5.74) is 0.819. The number of likely N-dealkylation sites (tertiary alicyclic amines) is 1. The summed E-state index contributed by atoms with van der Waals surface area (Å²) in [6, 6.07) is 4.14. The number of benzene rings is 1. The van der Waals surface area contributed by atoms with Gasteiger partial charge in [0.1, 0.15) is 5.82 Å². The van der Waals surface area contributed by atoms with Crippen molar-refractivity contribution in [2.24, 2.45) is 17.3 Å². The van der Waals surface area contributed by atoms with E-state index in [4.69, 9.17) is 11.6 Å². The lowest BCUT2D eigenvalue weighted by atomic mass is 9.57. The molecule has 1 N–H and O–H groups in total. The maximum Gasteiger partial charge on any atom is 0.227 e. The molecule has 3 nitrogen and oxygen atoms in total. The Kier molecular flexibility index (Phi) is 6.80. The minimum Gasteiger partial charge on any atom is -0.326 e. The second kappa shape index (κ2) is 8.91. The van der Waals surface area contributed by atoms with E-state index >= 15 is 0 Å². The third-order valence-electron chi connectivity index (χ3n) is 6.31. The largest absolute Gasteiger partial charge is 0.326 e. The van der Waals surface area contributed by atoms with Crippen molar-refractivity contribution >= 4 is 23.2 Å². The van der Waals surface area contributed by atoms with Gasteiger partial charge in [-0.05, 0) is 55.3 Å². The van der Waals surface area contributed by atoms with Gasteiger partial charge in [0.2, 0.25) is 5.91 Å². The number of carbonyl (C=O) groups is 1. The van der Waals surface area contributed by atoms with Gasteiger partial charge in [0, 0.05) is 29.7 Å². The molecule has 2 saturated carbocycles. The lowest BCUT2D eigenvalue weighted by molar-refractivity contribution is -0.139. The summed E-state index contributed by atoms with van der Waals surface area (Å²) in [6.45, 7) is 7.52. The molecule has 1 aromatic carbocycles. The summed E-state index contributed by atoms with van der Waals surface area (Å²) < 4.78 is 13.3. The molecule has 3 fully saturated rings. The number of halogens is 2. The zero-order chi connectivity index (χ0) is 19.4. The highest BCUT2D eigenvalue weighted by Crippen LogP contribution is 2.52. The SMILES string of the molecule is CC.O=C(Nc1cc(F)cc(Cl)c1)C1CC2(C1)CN(CCC1CCCC1)C2. The molecule has 0 atom stereocenters. The minimum atomic E-state index is -0.426. The molecular formula is C22H32ClFN2O. The van der Waals surface area contributed by atoms with Crippen LogP contribution in [0.25, 0.3) is 0 Å². The van der Waals surface area contributed by atoms with E-state index in [0.717, 1.165) is 31.8 Å². The summed E-state index contributed by atoms with van der Waals surface area (Å²) in [4.78, 5) is 14.9. The predicted molar refractivity (Wildman–Crippen MR) is 110 cm³/mol. The molecule has 1 heterocycles. The topological polar surface area (TPSA) is 32.3 Å². The maximum absolute atomic E-state index is 13.3. The first kappa shape index (κ1) is 20.6. The van der Waals surface area contributed by atoms with E-state index in [9.17, 15) is 9.18 Å². The Bertz CT molecular complexity index is 625. The van der Waals surface area contributed by atoms with E-state index < -0.39 is 5.82 Å². The lowest BCUT2D eigenvalue weighted by Crippen LogP contribution is -2.63. The number of nitrogens with one attached hydrogen (secondary N) is 1. The van der Waals surface area contributed by atoms with Gasteiger partial charge in [-0.25, -0.2) is 4.39 Å². The molecule has 1 spiro atoms. The fourth-order valence-corrected chi connectivity index (χ4v) is 5.25. The average Bonchev–Trinajstić information content (AvgIpc) is 3.06. The Labute approximate surface area is 167 Å². The Hall–Kier alpha value is -1.13. The second-order valence-electron chi connectivity index (χ2n) is 8.40. The number of nitrogens with zero attached hydrogens (tertiary/aromatic N) is 1. The predicted octanol–water partition coefficient (Wildman–Crippen LogP) is 5.74. The smallest absolute Gasteiger partial charge is 0.227 e. The third kappa shape index (κ3) is 5.03. The summed E-state index contributed by atoms with van der Waals surface area (Å²) in [5, 5.41) is 3.11. The average molecular weight is 395 g/mol. The number of amides is 1. The third-order valence-corrected chi connectivity index (χ3v) is 6.52. The molecule has 0 aromatic heterocycles. The van der Waals surface area contributed by atoms with Crippen molar-refractivity contribution in [2.75, 3.05) is 25.0 Å². The molecule has 0 bridgehead atoms. The van der Waals surface area contributed by atoms with Crippen LogP contribution in [0.3, 0.4) is 0 Å². The Morgan fingerprint density at radius 3 is 2.52 bits per heavy atom. The van der Waals surface area contributed by atoms with E-state index in [2.05, 4.69) is 10.2 Å². The van der Waals surface area contributed by atoms with Crippen molar-refractivity contribution in [1.82, 2.24) is 4.90 Å². The summed E-state index contributed by atoms with van der Waals surface area (Å²) in [6.07, 6.45) is 8.95. The molecule has 0 radical (unpaired) electrons. The number of hydrogen-bond donors (Lipinski definition) is 1. The zero-order valence-electron chi connectivity index (χ0n) is 16.6. The number of rotatable bonds is 5. The van der Waals surface area contributed by atoms with Crippen LogP contribution >= 0.6 is 11.6 Å². The highest BCUT2D eigenvalue weighted by molar-refractivity contribution is 6.30. The molecule has 27 heavy (non-hydrogen) atoms. The molecule has 1 aliphatic heterocycles. The first-order chi connectivity index (χ1) is 13.0. The molecule has 1 aromatic rings. The van der Waals surface area contributed by atoms with Gasteiger partial charge in [0.25, 0.3) is 0 Å². The van der Waals surface area contributed by atoms with Crippen LogP contribution in [0.5, 0.6) is 0 Å². The molecular weight excluding hydrogens is 363 g/mol. The first-order valence-corrected chi connectivity index (χ1v) is 10.9. The minimum absolute atomic E-state index is 0.00306. The molecule has 1 amide bonds. The Morgan fingerprint density at radius 2 is 1.89 bits per heavy atom. The summed E-state index contributed by atoms with van der Waals surface area (Å²) in [5.74, 6) is 0.579. The molecule has 2 aliphatic carbocycles. The standard InChI is InChI=1S/C20H26ClFN2O.C2H6/c21-16-7-17(22)9-18(8-16)23-19(25)15-10-20(11-15)12-24(13-20)6-5-14-3-1-2-4-14;1-2/h7-9,14-15H,1-6,10-13H2,(H,23,25);1-2H3. The van der Waals surface area contributed by atoms with Crippen LogP contribution in [-0.2, 0) is 4.79 Å². The molecule has 5 heteroatoms. The van der Waals surface area contributed by atoms with Crippen molar-refractivity contribution in [3.8, 4) is 0 Å². The number of carbonyl (C=O) groups excluding carboxylic acids is 1. The van der Waals surface area contributed by atoms with Gasteiger partial charge in [-0.1, -0.05) is 51.1 Å². The van der Waals surface area contributed by atoms with E-state index in [0.29, 0.717) is 16.1 Å². The summed E-state index contributed by atoms with van der Waals surface area (Å²) in [7, 11) is 0. The highest BCUT2D eigenvalue weighted by atomic mass is 35.5. The summed E-state index contributed by atoms with van der Waals surface area (Å²) >= 11 is 5.83. The molecule has 4 rings (SSSR count). The van der Waals surface area contributed by atoms with Crippen LogP contribution in [0.15, 0.2) is 18.2 Å². The zero-order valence-corrected chi connectivity index (χ0v) is 17.3. The quantitative estimate of drug-likeness (QED) is 0.690. The number of hydrogen-bond acceptors (Lipinski definition) is 2. The van der Waals surface area contributed by atoms with E-state index in [-0.39, 0.29) is 11.8 Å². The van der Waals surface area contributed by atoms with E-state index in [1.807, 2.05) is 13.8 Å². The van der Waals surface area contributed by atoms with Gasteiger partial charge in [-0.3, -0.25) is 4.79 Å². The van der Waals surface area contributed by atoms with Crippen molar-refractivity contribution in [2.45, 2.75) is 58.8 Å². The lowest BCUT2D eigenvalue weighted by Gasteiger charge is -2.59. The van der Waals surface area contributed by atoms with Gasteiger partial charge in [0.15, 0.2) is 0 Å². The van der Waals surface area contributed by atoms with Gasteiger partial charge < -0.3 is 10.2 Å². The van der Waals surface area contributed by atoms with Gasteiger partial charge in [-0.2, -0.15) is 0 Å². The molecule has 0 unspecified atom stereocenters. The van der Waals surface area contributed by atoms with Crippen molar-refractivity contribution in [1.29, 1.82) is 0 Å². The van der Waals surface area contributed by atoms with Gasteiger partial charge in [0.05, 0.1) is 0 Å².